The SMILES string of the molecule is C.C.C.C.C.C.C.C.C.CC#N.N#CC#N.N#C[B-]F.[I-].[Na+].[Na+]. The van der Waals surface area contributed by atoms with Gasteiger partial charge in [-0.2, -0.15) is 21.8 Å². The van der Waals surface area contributed by atoms with E-state index in [1.807, 2.05) is 0 Å². The molecule has 0 spiro atoms. The van der Waals surface area contributed by atoms with Gasteiger partial charge in [0.2, 0.25) is 0 Å². The van der Waals surface area contributed by atoms with Crippen LogP contribution in [0.5, 0.6) is 0 Å². The molecule has 134 valence electrons. The maximum atomic E-state index is 10.2. The summed E-state index contributed by atoms with van der Waals surface area (Å²) in [5.74, 6) is 1.14. The standard InChI is InChI=1S/C2N2.C2H3N.CBFN.9CH4.HI.2Na/c3-1-2-4;1-2-3;3-2-1-4;;;;;;;;;;;;/h;1H3;;9*1H4;1H;;/q;;-1;;;;;;;;;;;2*+1/p-1. The van der Waals surface area contributed by atoms with Crippen LogP contribution < -0.4 is 83.1 Å². The summed E-state index contributed by atoms with van der Waals surface area (Å²) < 4.78 is 10.2. The van der Waals surface area contributed by atoms with Crippen LogP contribution >= 0.6 is 0 Å². The fourth-order valence-electron chi connectivity index (χ4n) is 0. The molecule has 23 heavy (non-hydrogen) atoms. The molecule has 0 fully saturated rings. The van der Waals surface area contributed by atoms with E-state index in [-0.39, 0.29) is 157 Å². The van der Waals surface area contributed by atoms with Crippen LogP contribution in [0.1, 0.15) is 73.8 Å². The normalized spacial score (nSPS) is 1.65. The number of rotatable bonds is 0. The van der Waals surface area contributed by atoms with Crippen LogP contribution in [0.4, 0.5) is 4.32 Å². The molecule has 0 heterocycles. The molecule has 0 atom stereocenters. The van der Waals surface area contributed by atoms with Gasteiger partial charge in [0.1, 0.15) is 0 Å². The molecule has 0 saturated carbocycles. The molecular formula is C14H39BFIN4Na2. The van der Waals surface area contributed by atoms with Crippen molar-refractivity contribution in [3.8, 4) is 24.2 Å². The number of hydrogen-bond donors (Lipinski definition) is 0. The molecule has 0 aliphatic rings. The zero-order valence-electron chi connectivity index (χ0n) is 8.12. The van der Waals surface area contributed by atoms with E-state index in [0.29, 0.717) is 0 Å². The molecule has 0 saturated heterocycles. The Labute approximate surface area is 211 Å². The third-order valence-electron chi connectivity index (χ3n) is 0.0988. The van der Waals surface area contributed by atoms with Crippen molar-refractivity contribution in [3.05, 3.63) is 0 Å². The summed E-state index contributed by atoms with van der Waals surface area (Å²) in [6, 6.07) is 4.22. The molecule has 0 aromatic carbocycles. The minimum Gasteiger partial charge on any atom is -1.00 e. The van der Waals surface area contributed by atoms with Gasteiger partial charge in [-0.25, -0.2) is 0 Å². The van der Waals surface area contributed by atoms with Crippen molar-refractivity contribution in [2.24, 2.45) is 0 Å². The molecule has 0 unspecified atom stereocenters. The minimum absolute atomic E-state index is 0. The van der Waals surface area contributed by atoms with Crippen LogP contribution in [0.2, 0.25) is 0 Å². The fourth-order valence-corrected chi connectivity index (χ4v) is 0. The molecule has 9 heteroatoms. The number of nitrogens with zero attached hydrogens (tertiary/aromatic N) is 4. The Balaban J connectivity index is -0.00000000256. The Morgan fingerprint density at radius 2 is 0.739 bits per heavy atom. The smallest absolute Gasteiger partial charge is 1.00 e. The van der Waals surface area contributed by atoms with Gasteiger partial charge in [0.15, 0.2) is 12.1 Å². The van der Waals surface area contributed by atoms with Gasteiger partial charge >= 0.3 is 59.1 Å². The van der Waals surface area contributed by atoms with E-state index in [1.165, 1.54) is 19.1 Å². The average Bonchev–Trinajstić information content (AvgIpc) is 2.06. The number of nitriles is 4. The van der Waals surface area contributed by atoms with E-state index in [0.717, 1.165) is 5.97 Å². The Morgan fingerprint density at radius 3 is 0.739 bits per heavy atom. The average molecular weight is 466 g/mol. The van der Waals surface area contributed by atoms with Crippen molar-refractivity contribution in [2.45, 2.75) is 73.8 Å². The molecule has 0 bridgehead atoms. The first kappa shape index (κ1) is 162. The topological polar surface area (TPSA) is 95.2 Å². The summed E-state index contributed by atoms with van der Waals surface area (Å²) >= 11 is 0. The third kappa shape index (κ3) is 1350. The first-order chi connectivity index (χ1) is 5.24. The molecule has 0 aliphatic heterocycles. The predicted octanol–water partition coefficient (Wildman–Crippen LogP) is -2.64. The number of halogens is 2. The zero-order chi connectivity index (χ0) is 9.54. The zero-order valence-corrected chi connectivity index (χ0v) is 14.3. The van der Waals surface area contributed by atoms with E-state index in [2.05, 4.69) is 0 Å². The van der Waals surface area contributed by atoms with Crippen molar-refractivity contribution in [2.75, 3.05) is 0 Å². The second kappa shape index (κ2) is 330. The Morgan fingerprint density at radius 1 is 0.652 bits per heavy atom. The fraction of sp³-hybridized carbons (Fsp3) is 0.714. The third-order valence-corrected chi connectivity index (χ3v) is 0.0988. The maximum absolute atomic E-state index is 10.2. The maximum Gasteiger partial charge on any atom is 1.00 e. The first-order valence-electron chi connectivity index (χ1n) is 2.15. The molecule has 0 aromatic heterocycles. The first-order valence-corrected chi connectivity index (χ1v) is 2.15. The summed E-state index contributed by atoms with van der Waals surface area (Å²) in [4.78, 5) is 0. The molecule has 0 amide bonds. The predicted molar refractivity (Wildman–Crippen MR) is 95.6 cm³/mol. The van der Waals surface area contributed by atoms with Crippen LogP contribution in [0.25, 0.3) is 0 Å². The largest absolute Gasteiger partial charge is 1.00 e. The summed E-state index contributed by atoms with van der Waals surface area (Å²) in [5, 5.41) is 29.0. The summed E-state index contributed by atoms with van der Waals surface area (Å²) in [5.41, 5.74) is 0. The minimum atomic E-state index is -0.0694. The van der Waals surface area contributed by atoms with Crippen molar-refractivity contribution >= 4 is 7.56 Å². The monoisotopic (exact) mass is 466 g/mol. The van der Waals surface area contributed by atoms with Gasteiger partial charge in [0.25, 0.3) is 0 Å². The van der Waals surface area contributed by atoms with E-state index >= 15 is 0 Å². The summed E-state index contributed by atoms with van der Waals surface area (Å²) in [7, 11) is -0.0694. The van der Waals surface area contributed by atoms with Crippen molar-refractivity contribution in [1.29, 1.82) is 21.0 Å². The molecule has 0 N–H and O–H groups in total. The van der Waals surface area contributed by atoms with Crippen LogP contribution in [0, 0.1) is 45.2 Å². The van der Waals surface area contributed by atoms with Crippen molar-refractivity contribution in [1.82, 2.24) is 0 Å². The van der Waals surface area contributed by atoms with Gasteiger partial charge in [-0.1, -0.05) is 66.8 Å². The van der Waals surface area contributed by atoms with E-state index in [9.17, 15) is 4.32 Å². The quantitative estimate of drug-likeness (QED) is 0.288. The Kier molecular flexibility index (Phi) is 2320. The number of hydrogen-bond acceptors (Lipinski definition) is 4. The second-order valence-electron chi connectivity index (χ2n) is 0.685. The van der Waals surface area contributed by atoms with Gasteiger partial charge in [-0.15, -0.1) is 0 Å². The summed E-state index contributed by atoms with van der Waals surface area (Å²) in [6.45, 7) is 1.43. The Hall–Kier alpha value is 0.685. The molecule has 0 aromatic rings. The van der Waals surface area contributed by atoms with Crippen LogP contribution in [-0.4, -0.2) is 7.56 Å². The molecule has 0 aliphatic carbocycles. The van der Waals surface area contributed by atoms with Gasteiger partial charge in [0.05, 0.1) is 6.07 Å². The van der Waals surface area contributed by atoms with Gasteiger partial charge < -0.3 is 28.3 Å². The van der Waals surface area contributed by atoms with E-state index < -0.39 is 0 Å². The van der Waals surface area contributed by atoms with Gasteiger partial charge in [0, 0.05) is 14.5 Å². The molecule has 2 radical (unpaired) electrons. The van der Waals surface area contributed by atoms with E-state index in [1.54, 1.807) is 6.07 Å². The van der Waals surface area contributed by atoms with Crippen LogP contribution in [0.3, 0.4) is 0 Å². The second-order valence-corrected chi connectivity index (χ2v) is 0.685. The van der Waals surface area contributed by atoms with Crippen LogP contribution in [0.15, 0.2) is 0 Å². The molecule has 0 rings (SSSR count). The molecule has 4 nitrogen and oxygen atoms in total. The molecular weight excluding hydrogens is 427 g/mol. The van der Waals surface area contributed by atoms with Crippen LogP contribution in [-0.2, 0) is 0 Å². The van der Waals surface area contributed by atoms with Gasteiger partial charge in [-0.05, 0) is 0 Å². The Bertz CT molecular complexity index is 223. The van der Waals surface area contributed by atoms with Crippen molar-refractivity contribution < 1.29 is 87.4 Å². The van der Waals surface area contributed by atoms with E-state index in [4.69, 9.17) is 21.0 Å². The van der Waals surface area contributed by atoms with Gasteiger partial charge in [-0.3, -0.25) is 5.26 Å². The summed E-state index contributed by atoms with van der Waals surface area (Å²) in [6.07, 6.45) is 0. The van der Waals surface area contributed by atoms with Crippen molar-refractivity contribution in [3.63, 3.8) is 0 Å².